The Morgan fingerprint density at radius 2 is 1.91 bits per heavy atom. The second kappa shape index (κ2) is 6.39. The Morgan fingerprint density at radius 1 is 1.14 bits per heavy atom. The predicted molar refractivity (Wildman–Crippen MR) is 81.0 cm³/mol. The summed E-state index contributed by atoms with van der Waals surface area (Å²) in [6.45, 7) is 0.761. The largest absolute Gasteiger partial charge is 0.484 e. The van der Waals surface area contributed by atoms with E-state index in [2.05, 4.69) is 0 Å². The Labute approximate surface area is 129 Å². The van der Waals surface area contributed by atoms with Gasteiger partial charge in [-0.3, -0.25) is 4.79 Å². The van der Waals surface area contributed by atoms with Crippen LogP contribution in [0.5, 0.6) is 17.2 Å². The average molecular weight is 299 g/mol. The Bertz CT molecular complexity index is 657. The first-order valence-electron chi connectivity index (χ1n) is 7.03. The molecule has 114 valence electrons. The van der Waals surface area contributed by atoms with Gasteiger partial charge < -0.3 is 19.1 Å². The standard InChI is InChI=1S/C17H17NO4/c1-18(17(19)11-20-14-5-3-2-4-6-14)10-13-7-8-15-16(9-13)22-12-21-15/h2-9H,10-12H2,1H3. The molecule has 2 aromatic rings. The summed E-state index contributed by atoms with van der Waals surface area (Å²) < 4.78 is 16.1. The topological polar surface area (TPSA) is 48.0 Å². The molecule has 2 aromatic carbocycles. The molecule has 0 fully saturated rings. The van der Waals surface area contributed by atoms with Crippen molar-refractivity contribution in [2.24, 2.45) is 0 Å². The molecule has 0 N–H and O–H groups in total. The van der Waals surface area contributed by atoms with Gasteiger partial charge in [0.2, 0.25) is 6.79 Å². The minimum Gasteiger partial charge on any atom is -0.484 e. The van der Waals surface area contributed by atoms with Gasteiger partial charge in [-0.25, -0.2) is 0 Å². The first kappa shape index (κ1) is 14.3. The smallest absolute Gasteiger partial charge is 0.260 e. The van der Waals surface area contributed by atoms with E-state index in [1.807, 2.05) is 48.5 Å². The van der Waals surface area contributed by atoms with E-state index in [0.29, 0.717) is 12.3 Å². The highest BCUT2D eigenvalue weighted by atomic mass is 16.7. The molecular formula is C17H17NO4. The normalized spacial score (nSPS) is 12.0. The zero-order valence-electron chi connectivity index (χ0n) is 12.3. The number of fused-ring (bicyclic) bond motifs is 1. The summed E-state index contributed by atoms with van der Waals surface area (Å²) in [6, 6.07) is 15.0. The van der Waals surface area contributed by atoms with Gasteiger partial charge in [0, 0.05) is 13.6 Å². The maximum atomic E-state index is 12.1. The first-order chi connectivity index (χ1) is 10.7. The van der Waals surface area contributed by atoms with E-state index >= 15 is 0 Å². The highest BCUT2D eigenvalue weighted by Gasteiger charge is 2.15. The second-order valence-corrected chi connectivity index (χ2v) is 5.04. The van der Waals surface area contributed by atoms with Gasteiger partial charge in [0.25, 0.3) is 5.91 Å². The lowest BCUT2D eigenvalue weighted by molar-refractivity contribution is -0.132. The van der Waals surface area contributed by atoms with Crippen molar-refractivity contribution in [2.45, 2.75) is 6.54 Å². The van der Waals surface area contributed by atoms with Crippen LogP contribution in [0.4, 0.5) is 0 Å². The fourth-order valence-corrected chi connectivity index (χ4v) is 2.17. The van der Waals surface area contributed by atoms with Gasteiger partial charge in [-0.05, 0) is 29.8 Å². The number of amides is 1. The van der Waals surface area contributed by atoms with Gasteiger partial charge in [-0.2, -0.15) is 0 Å². The van der Waals surface area contributed by atoms with E-state index in [1.165, 1.54) is 0 Å². The number of ether oxygens (including phenoxy) is 3. The molecular weight excluding hydrogens is 282 g/mol. The minimum atomic E-state index is -0.0819. The summed E-state index contributed by atoms with van der Waals surface area (Å²) in [7, 11) is 1.75. The van der Waals surface area contributed by atoms with Crippen LogP contribution in [-0.2, 0) is 11.3 Å². The van der Waals surface area contributed by atoms with Crippen LogP contribution in [-0.4, -0.2) is 31.3 Å². The molecule has 1 amide bonds. The number of likely N-dealkylation sites (N-methyl/N-ethyl adjacent to an activating group) is 1. The first-order valence-corrected chi connectivity index (χ1v) is 7.03. The molecule has 22 heavy (non-hydrogen) atoms. The zero-order chi connectivity index (χ0) is 15.4. The van der Waals surface area contributed by atoms with Crippen molar-refractivity contribution in [1.29, 1.82) is 0 Å². The van der Waals surface area contributed by atoms with Crippen LogP contribution in [0.3, 0.4) is 0 Å². The van der Waals surface area contributed by atoms with Crippen molar-refractivity contribution in [3.63, 3.8) is 0 Å². The average Bonchev–Trinajstić information content (AvgIpc) is 3.01. The predicted octanol–water partition coefficient (Wildman–Crippen LogP) is 2.45. The van der Waals surface area contributed by atoms with Crippen molar-refractivity contribution < 1.29 is 19.0 Å². The van der Waals surface area contributed by atoms with E-state index in [4.69, 9.17) is 14.2 Å². The molecule has 0 radical (unpaired) electrons. The summed E-state index contributed by atoms with van der Waals surface area (Å²) in [5.41, 5.74) is 0.986. The van der Waals surface area contributed by atoms with E-state index in [1.54, 1.807) is 11.9 Å². The van der Waals surface area contributed by atoms with Crippen LogP contribution in [0.1, 0.15) is 5.56 Å². The number of para-hydroxylation sites is 1. The van der Waals surface area contributed by atoms with Gasteiger partial charge in [0.15, 0.2) is 18.1 Å². The lowest BCUT2D eigenvalue weighted by Crippen LogP contribution is -2.30. The number of benzene rings is 2. The third-order valence-electron chi connectivity index (χ3n) is 3.39. The number of carbonyl (C=O) groups excluding carboxylic acids is 1. The second-order valence-electron chi connectivity index (χ2n) is 5.04. The summed E-state index contributed by atoms with van der Waals surface area (Å²) >= 11 is 0. The number of carbonyl (C=O) groups is 1. The Morgan fingerprint density at radius 3 is 2.73 bits per heavy atom. The number of hydrogen-bond donors (Lipinski definition) is 0. The molecule has 1 aliphatic rings. The molecule has 0 aromatic heterocycles. The molecule has 0 saturated carbocycles. The SMILES string of the molecule is CN(Cc1ccc2c(c1)OCO2)C(=O)COc1ccccc1. The van der Waals surface area contributed by atoms with Crippen LogP contribution in [0.25, 0.3) is 0 Å². The maximum Gasteiger partial charge on any atom is 0.260 e. The van der Waals surface area contributed by atoms with Gasteiger partial charge in [-0.15, -0.1) is 0 Å². The van der Waals surface area contributed by atoms with Crippen LogP contribution in [0.15, 0.2) is 48.5 Å². The third kappa shape index (κ3) is 3.31. The summed E-state index contributed by atoms with van der Waals surface area (Å²) in [4.78, 5) is 13.7. The van der Waals surface area contributed by atoms with E-state index < -0.39 is 0 Å². The Kier molecular flexibility index (Phi) is 4.14. The van der Waals surface area contributed by atoms with Gasteiger partial charge in [0.1, 0.15) is 5.75 Å². The molecule has 0 bridgehead atoms. The molecule has 0 atom stereocenters. The maximum absolute atomic E-state index is 12.1. The quantitative estimate of drug-likeness (QED) is 0.851. The molecule has 1 heterocycles. The molecule has 0 unspecified atom stereocenters. The molecule has 3 rings (SSSR count). The molecule has 1 aliphatic heterocycles. The fourth-order valence-electron chi connectivity index (χ4n) is 2.17. The van der Waals surface area contributed by atoms with E-state index in [0.717, 1.165) is 17.1 Å². The number of rotatable bonds is 5. The van der Waals surface area contributed by atoms with Gasteiger partial charge >= 0.3 is 0 Å². The molecule has 0 saturated heterocycles. The lowest BCUT2D eigenvalue weighted by atomic mass is 10.2. The van der Waals surface area contributed by atoms with Crippen molar-refractivity contribution in [2.75, 3.05) is 20.4 Å². The van der Waals surface area contributed by atoms with Crippen molar-refractivity contribution in [3.8, 4) is 17.2 Å². The molecule has 5 heteroatoms. The van der Waals surface area contributed by atoms with Crippen LogP contribution < -0.4 is 14.2 Å². The summed E-state index contributed by atoms with van der Waals surface area (Å²) in [5.74, 6) is 2.07. The van der Waals surface area contributed by atoms with Crippen LogP contribution in [0, 0.1) is 0 Å². The van der Waals surface area contributed by atoms with Crippen molar-refractivity contribution in [1.82, 2.24) is 4.90 Å². The monoisotopic (exact) mass is 299 g/mol. The molecule has 0 aliphatic carbocycles. The highest BCUT2D eigenvalue weighted by Crippen LogP contribution is 2.32. The molecule has 0 spiro atoms. The highest BCUT2D eigenvalue weighted by molar-refractivity contribution is 5.77. The third-order valence-corrected chi connectivity index (χ3v) is 3.39. The Balaban J connectivity index is 1.55. The summed E-state index contributed by atoms with van der Waals surface area (Å²) in [6.07, 6.45) is 0. The van der Waals surface area contributed by atoms with Gasteiger partial charge in [0.05, 0.1) is 0 Å². The fraction of sp³-hybridized carbons (Fsp3) is 0.235. The Hall–Kier alpha value is -2.69. The zero-order valence-corrected chi connectivity index (χ0v) is 12.3. The van der Waals surface area contributed by atoms with Crippen molar-refractivity contribution in [3.05, 3.63) is 54.1 Å². The van der Waals surface area contributed by atoms with Crippen LogP contribution in [0.2, 0.25) is 0 Å². The minimum absolute atomic E-state index is 0.0189. The lowest BCUT2D eigenvalue weighted by Gasteiger charge is -2.17. The van der Waals surface area contributed by atoms with Gasteiger partial charge in [-0.1, -0.05) is 24.3 Å². The van der Waals surface area contributed by atoms with E-state index in [-0.39, 0.29) is 19.3 Å². The number of nitrogens with zero attached hydrogens (tertiary/aromatic N) is 1. The van der Waals surface area contributed by atoms with Crippen LogP contribution >= 0.6 is 0 Å². The number of hydrogen-bond acceptors (Lipinski definition) is 4. The summed E-state index contributed by atoms with van der Waals surface area (Å²) in [5, 5.41) is 0. The van der Waals surface area contributed by atoms with Crippen molar-refractivity contribution >= 4 is 5.91 Å². The molecule has 5 nitrogen and oxygen atoms in total. The van der Waals surface area contributed by atoms with E-state index in [9.17, 15) is 4.79 Å².